The zero-order chi connectivity index (χ0) is 23.4. The van der Waals surface area contributed by atoms with Gasteiger partial charge in [-0.3, -0.25) is 9.69 Å². The summed E-state index contributed by atoms with van der Waals surface area (Å²) in [6, 6.07) is 12.1. The summed E-state index contributed by atoms with van der Waals surface area (Å²) in [5.41, 5.74) is 3.53. The highest BCUT2D eigenvalue weighted by atomic mass is 19.1. The summed E-state index contributed by atoms with van der Waals surface area (Å²) in [5, 5.41) is 3.89. The van der Waals surface area contributed by atoms with E-state index in [1.807, 2.05) is 32.0 Å². The van der Waals surface area contributed by atoms with E-state index in [0.717, 1.165) is 35.2 Å². The number of nitrogens with zero attached hydrogens (tertiary/aromatic N) is 1. The average molecular weight is 453 g/mol. The van der Waals surface area contributed by atoms with Crippen LogP contribution in [0.2, 0.25) is 0 Å². The molecular formula is C26H29FN2O4. The van der Waals surface area contributed by atoms with Gasteiger partial charge in [-0.05, 0) is 55.2 Å². The van der Waals surface area contributed by atoms with Crippen LogP contribution in [0, 0.1) is 19.7 Å². The van der Waals surface area contributed by atoms with Gasteiger partial charge in [-0.15, -0.1) is 0 Å². The number of aryl methyl sites for hydroxylation is 2. The number of rotatable bonds is 7. The Bertz CT molecular complexity index is 1180. The number of fused-ring (bicyclic) bond motifs is 1. The molecule has 0 spiro atoms. The molecule has 0 unspecified atom stereocenters. The molecule has 4 rings (SSSR count). The lowest BCUT2D eigenvalue weighted by molar-refractivity contribution is -0.121. The van der Waals surface area contributed by atoms with Crippen molar-refractivity contribution in [2.24, 2.45) is 0 Å². The van der Waals surface area contributed by atoms with Crippen LogP contribution in [0.5, 0.6) is 0 Å². The van der Waals surface area contributed by atoms with Gasteiger partial charge in [-0.2, -0.15) is 0 Å². The second-order valence-electron chi connectivity index (χ2n) is 8.51. The Morgan fingerprint density at radius 1 is 1.12 bits per heavy atom. The molecule has 3 aromatic rings. The summed E-state index contributed by atoms with van der Waals surface area (Å²) in [6.45, 7) is 6.98. The van der Waals surface area contributed by atoms with E-state index in [9.17, 15) is 14.0 Å². The summed E-state index contributed by atoms with van der Waals surface area (Å²) >= 11 is 0. The molecule has 0 bridgehead atoms. The molecule has 0 saturated carbocycles. The van der Waals surface area contributed by atoms with E-state index < -0.39 is 5.63 Å². The largest absolute Gasteiger partial charge is 0.423 e. The van der Waals surface area contributed by atoms with E-state index in [1.165, 1.54) is 12.1 Å². The third-order valence-electron chi connectivity index (χ3n) is 6.28. The number of carbonyl (C=O) groups is 1. The lowest BCUT2D eigenvalue weighted by atomic mass is 10.0. The van der Waals surface area contributed by atoms with E-state index in [4.69, 9.17) is 9.15 Å². The van der Waals surface area contributed by atoms with Crippen LogP contribution in [0.4, 0.5) is 4.39 Å². The highest BCUT2D eigenvalue weighted by Gasteiger charge is 2.23. The topological polar surface area (TPSA) is 71.8 Å². The van der Waals surface area contributed by atoms with Crippen molar-refractivity contribution in [3.8, 4) is 0 Å². The third-order valence-corrected chi connectivity index (χ3v) is 6.28. The molecule has 33 heavy (non-hydrogen) atoms. The molecule has 174 valence electrons. The number of hydrogen-bond donors (Lipinski definition) is 1. The second-order valence-corrected chi connectivity index (χ2v) is 8.51. The van der Waals surface area contributed by atoms with Crippen molar-refractivity contribution >= 4 is 16.9 Å². The number of carbonyl (C=O) groups excluding carboxylic acids is 1. The van der Waals surface area contributed by atoms with Crippen molar-refractivity contribution in [1.29, 1.82) is 0 Å². The summed E-state index contributed by atoms with van der Waals surface area (Å²) in [6.07, 6.45) is 0.491. The fourth-order valence-corrected chi connectivity index (χ4v) is 4.36. The minimum Gasteiger partial charge on any atom is -0.423 e. The minimum absolute atomic E-state index is 0.0748. The monoisotopic (exact) mass is 452 g/mol. The number of hydrogen-bond acceptors (Lipinski definition) is 5. The van der Waals surface area contributed by atoms with E-state index in [2.05, 4.69) is 10.2 Å². The fraction of sp³-hybridized carbons (Fsp3) is 0.385. The van der Waals surface area contributed by atoms with Crippen LogP contribution in [0.25, 0.3) is 11.0 Å². The molecule has 2 heterocycles. The van der Waals surface area contributed by atoms with Crippen LogP contribution in [0.3, 0.4) is 0 Å². The lowest BCUT2D eigenvalue weighted by Gasteiger charge is -2.35. The van der Waals surface area contributed by atoms with Crippen LogP contribution >= 0.6 is 0 Å². The summed E-state index contributed by atoms with van der Waals surface area (Å²) in [5.74, 6) is -0.429. The molecule has 7 heteroatoms. The van der Waals surface area contributed by atoms with Gasteiger partial charge >= 0.3 is 5.63 Å². The molecule has 0 aliphatic carbocycles. The predicted molar refractivity (Wildman–Crippen MR) is 125 cm³/mol. The predicted octanol–water partition coefficient (Wildman–Crippen LogP) is 3.67. The van der Waals surface area contributed by atoms with Gasteiger partial charge < -0.3 is 14.5 Å². The van der Waals surface area contributed by atoms with Gasteiger partial charge in [0.25, 0.3) is 0 Å². The lowest BCUT2D eigenvalue weighted by Crippen LogP contribution is -2.43. The smallest absolute Gasteiger partial charge is 0.339 e. The zero-order valence-corrected chi connectivity index (χ0v) is 19.0. The molecule has 6 nitrogen and oxygen atoms in total. The van der Waals surface area contributed by atoms with Crippen LogP contribution in [-0.2, 0) is 16.0 Å². The van der Waals surface area contributed by atoms with Gasteiger partial charge in [0.15, 0.2) is 0 Å². The number of morpholine rings is 1. The van der Waals surface area contributed by atoms with E-state index >= 15 is 0 Å². The van der Waals surface area contributed by atoms with E-state index in [0.29, 0.717) is 37.3 Å². The van der Waals surface area contributed by atoms with Crippen LogP contribution in [-0.4, -0.2) is 43.7 Å². The SMILES string of the molecule is Cc1ccc2c(C)c(CCC(=O)NC[C@H](c3ccc(F)cc3)N3CCOCC3)c(=O)oc2c1. The molecule has 1 saturated heterocycles. The first kappa shape index (κ1) is 23.1. The van der Waals surface area contributed by atoms with Gasteiger partial charge in [-0.25, -0.2) is 9.18 Å². The number of ether oxygens (including phenoxy) is 1. The molecule has 1 aliphatic heterocycles. The van der Waals surface area contributed by atoms with Crippen molar-refractivity contribution in [1.82, 2.24) is 10.2 Å². The van der Waals surface area contributed by atoms with Gasteiger partial charge in [0.2, 0.25) is 5.91 Å². The summed E-state index contributed by atoms with van der Waals surface area (Å²) < 4.78 is 24.4. The number of amides is 1. The van der Waals surface area contributed by atoms with Crippen molar-refractivity contribution < 1.29 is 18.3 Å². The van der Waals surface area contributed by atoms with Crippen molar-refractivity contribution in [3.63, 3.8) is 0 Å². The Morgan fingerprint density at radius 2 is 1.85 bits per heavy atom. The van der Waals surface area contributed by atoms with Gasteiger partial charge in [0, 0.05) is 37.0 Å². The average Bonchev–Trinajstić information content (AvgIpc) is 2.80. The van der Waals surface area contributed by atoms with Gasteiger partial charge in [0.1, 0.15) is 11.4 Å². The molecular weight excluding hydrogens is 423 g/mol. The highest BCUT2D eigenvalue weighted by molar-refractivity contribution is 5.82. The minimum atomic E-state index is -0.393. The van der Waals surface area contributed by atoms with Gasteiger partial charge in [-0.1, -0.05) is 24.3 Å². The molecule has 1 atom stereocenters. The fourth-order valence-electron chi connectivity index (χ4n) is 4.36. The maximum absolute atomic E-state index is 13.4. The Kier molecular flexibility index (Phi) is 7.20. The van der Waals surface area contributed by atoms with E-state index in [1.54, 1.807) is 12.1 Å². The quantitative estimate of drug-likeness (QED) is 0.554. The number of nitrogens with one attached hydrogen (secondary N) is 1. The number of benzene rings is 2. The summed E-state index contributed by atoms with van der Waals surface area (Å²) in [7, 11) is 0. The first-order valence-corrected chi connectivity index (χ1v) is 11.3. The number of halogens is 1. The molecule has 1 N–H and O–H groups in total. The van der Waals surface area contributed by atoms with Crippen LogP contribution in [0.15, 0.2) is 51.7 Å². The summed E-state index contributed by atoms with van der Waals surface area (Å²) in [4.78, 5) is 27.4. The molecule has 1 amide bonds. The Labute approximate surface area is 192 Å². The van der Waals surface area contributed by atoms with Crippen molar-refractivity contribution in [3.05, 3.63) is 81.0 Å². The molecule has 1 aromatic heterocycles. The standard InChI is InChI=1S/C26H29FN2O4/c1-17-3-8-21-18(2)22(26(31)33-24(21)15-17)9-10-25(30)28-16-23(29-11-13-32-14-12-29)19-4-6-20(27)7-5-19/h3-8,15,23H,9-14,16H2,1-2H3,(H,28,30)/t23-/m1/s1. The molecule has 1 fully saturated rings. The Morgan fingerprint density at radius 3 is 2.58 bits per heavy atom. The normalized spacial score (nSPS) is 15.5. The van der Waals surface area contributed by atoms with Crippen LogP contribution in [0.1, 0.15) is 34.7 Å². The van der Waals surface area contributed by atoms with Gasteiger partial charge in [0.05, 0.1) is 19.3 Å². The molecule has 1 aliphatic rings. The van der Waals surface area contributed by atoms with Crippen molar-refractivity contribution in [2.75, 3.05) is 32.8 Å². The molecule has 2 aromatic carbocycles. The second kappa shape index (κ2) is 10.3. The molecule has 0 radical (unpaired) electrons. The first-order valence-electron chi connectivity index (χ1n) is 11.3. The Balaban J connectivity index is 1.43. The first-order chi connectivity index (χ1) is 15.9. The highest BCUT2D eigenvalue weighted by Crippen LogP contribution is 2.23. The van der Waals surface area contributed by atoms with Crippen molar-refractivity contribution in [2.45, 2.75) is 32.7 Å². The maximum Gasteiger partial charge on any atom is 0.339 e. The Hall–Kier alpha value is -3.03. The van der Waals surface area contributed by atoms with E-state index in [-0.39, 0.29) is 24.2 Å². The van der Waals surface area contributed by atoms with Crippen LogP contribution < -0.4 is 10.9 Å². The maximum atomic E-state index is 13.4. The zero-order valence-electron chi connectivity index (χ0n) is 19.0. The third kappa shape index (κ3) is 5.49.